The Morgan fingerprint density at radius 1 is 1.17 bits per heavy atom. The number of aromatic hydroxyl groups is 1. The summed E-state index contributed by atoms with van der Waals surface area (Å²) in [6.45, 7) is 0. The van der Waals surface area contributed by atoms with Gasteiger partial charge in [-0.25, -0.2) is 0 Å². The van der Waals surface area contributed by atoms with Crippen LogP contribution < -0.4 is 4.74 Å². The smallest absolute Gasteiger partial charge is 0.163 e. The Balaban J connectivity index is 1.92. The summed E-state index contributed by atoms with van der Waals surface area (Å²) in [4.78, 5) is 24.5. The van der Waals surface area contributed by atoms with Gasteiger partial charge in [-0.2, -0.15) is 0 Å². The number of benzene rings is 1. The number of rotatable bonds is 7. The number of carbonyl (C=O) groups excluding carboxylic acids is 2. The number of methoxy groups -OCH3 is 1. The Kier molecular flexibility index (Phi) is 5.88. The molecule has 2 rings (SSSR count). The number of ketones is 2. The summed E-state index contributed by atoms with van der Waals surface area (Å²) in [7, 11) is 1.45. The quantitative estimate of drug-likeness (QED) is 0.621. The van der Waals surface area contributed by atoms with Gasteiger partial charge < -0.3 is 9.84 Å². The van der Waals surface area contributed by atoms with E-state index in [-0.39, 0.29) is 23.7 Å². The molecule has 0 aliphatic heterocycles. The summed E-state index contributed by atoms with van der Waals surface area (Å²) in [6.07, 6.45) is 5.88. The minimum absolute atomic E-state index is 0.0323. The van der Waals surface area contributed by atoms with Gasteiger partial charge in [0, 0.05) is 4.88 Å². The first kappa shape index (κ1) is 16.7. The minimum atomic E-state index is -0.280. The van der Waals surface area contributed by atoms with E-state index in [9.17, 15) is 14.7 Å². The zero-order valence-electron chi connectivity index (χ0n) is 12.6. The van der Waals surface area contributed by atoms with Crippen LogP contribution in [0, 0.1) is 0 Å². The SMILES string of the molecule is COc1cc(/C=C/C(=O)CC(=O)/C=C/c2cccs2)ccc1O. The van der Waals surface area contributed by atoms with E-state index in [1.165, 1.54) is 36.7 Å². The zero-order chi connectivity index (χ0) is 16.7. The van der Waals surface area contributed by atoms with Crippen LogP contribution in [0.5, 0.6) is 11.5 Å². The molecule has 0 fully saturated rings. The number of hydrogen-bond acceptors (Lipinski definition) is 5. The second-order valence-electron chi connectivity index (χ2n) is 4.72. The van der Waals surface area contributed by atoms with Crippen molar-refractivity contribution in [3.05, 3.63) is 58.3 Å². The molecule has 2 aromatic rings. The highest BCUT2D eigenvalue weighted by Gasteiger charge is 2.05. The summed E-state index contributed by atoms with van der Waals surface area (Å²) >= 11 is 1.53. The minimum Gasteiger partial charge on any atom is -0.504 e. The molecule has 1 aromatic heterocycles. The van der Waals surface area contributed by atoms with Crippen molar-refractivity contribution in [2.75, 3.05) is 7.11 Å². The van der Waals surface area contributed by atoms with Crippen LogP contribution in [0.15, 0.2) is 47.9 Å². The van der Waals surface area contributed by atoms with Crippen LogP contribution in [-0.2, 0) is 9.59 Å². The van der Waals surface area contributed by atoms with E-state index < -0.39 is 0 Å². The molecule has 1 aromatic carbocycles. The van der Waals surface area contributed by atoms with Gasteiger partial charge in [0.1, 0.15) is 0 Å². The van der Waals surface area contributed by atoms with Gasteiger partial charge in [0.25, 0.3) is 0 Å². The topological polar surface area (TPSA) is 63.6 Å². The summed E-state index contributed by atoms with van der Waals surface area (Å²) in [5.41, 5.74) is 0.703. The van der Waals surface area contributed by atoms with E-state index in [2.05, 4.69) is 0 Å². The first-order chi connectivity index (χ1) is 11.1. The van der Waals surface area contributed by atoms with E-state index in [0.717, 1.165) is 4.88 Å². The van der Waals surface area contributed by atoms with Gasteiger partial charge in [-0.15, -0.1) is 11.3 Å². The lowest BCUT2D eigenvalue weighted by Gasteiger charge is -2.03. The van der Waals surface area contributed by atoms with E-state index in [1.807, 2.05) is 17.5 Å². The van der Waals surface area contributed by atoms with Crippen LogP contribution in [0.4, 0.5) is 0 Å². The van der Waals surface area contributed by atoms with Gasteiger partial charge in [-0.1, -0.05) is 18.2 Å². The molecule has 0 radical (unpaired) electrons. The average Bonchev–Trinajstić information content (AvgIpc) is 3.05. The molecule has 1 heterocycles. The third-order valence-electron chi connectivity index (χ3n) is 2.99. The van der Waals surface area contributed by atoms with Gasteiger partial charge in [0.15, 0.2) is 23.1 Å². The van der Waals surface area contributed by atoms with Crippen LogP contribution in [0.1, 0.15) is 16.9 Å². The van der Waals surface area contributed by atoms with E-state index in [4.69, 9.17) is 4.74 Å². The lowest BCUT2D eigenvalue weighted by Crippen LogP contribution is -2.01. The molecular weight excluding hydrogens is 312 g/mol. The molecular formula is C18H16O4S. The highest BCUT2D eigenvalue weighted by molar-refractivity contribution is 7.10. The third-order valence-corrected chi connectivity index (χ3v) is 3.83. The van der Waals surface area contributed by atoms with Crippen LogP contribution in [0.3, 0.4) is 0 Å². The Morgan fingerprint density at radius 3 is 2.57 bits per heavy atom. The maximum absolute atomic E-state index is 11.8. The molecule has 5 heteroatoms. The number of hydrogen-bond donors (Lipinski definition) is 1. The number of phenols is 1. The number of carbonyl (C=O) groups is 2. The summed E-state index contributed by atoms with van der Waals surface area (Å²) < 4.78 is 4.99. The van der Waals surface area contributed by atoms with Crippen LogP contribution >= 0.6 is 11.3 Å². The molecule has 0 unspecified atom stereocenters. The molecule has 0 amide bonds. The molecule has 0 spiro atoms. The number of allylic oxidation sites excluding steroid dienone is 2. The van der Waals surface area contributed by atoms with Crippen LogP contribution in [0.25, 0.3) is 12.2 Å². The zero-order valence-corrected chi connectivity index (χ0v) is 13.4. The highest BCUT2D eigenvalue weighted by atomic mass is 32.1. The van der Waals surface area contributed by atoms with E-state index in [1.54, 1.807) is 24.3 Å². The first-order valence-electron chi connectivity index (χ1n) is 6.91. The summed E-state index contributed by atoms with van der Waals surface area (Å²) in [6, 6.07) is 8.54. The molecule has 4 nitrogen and oxygen atoms in total. The Bertz CT molecular complexity index is 742. The van der Waals surface area contributed by atoms with Gasteiger partial charge in [0.2, 0.25) is 0 Å². The Morgan fingerprint density at radius 2 is 1.91 bits per heavy atom. The molecule has 0 saturated carbocycles. The molecule has 23 heavy (non-hydrogen) atoms. The van der Waals surface area contributed by atoms with Gasteiger partial charge in [-0.3, -0.25) is 9.59 Å². The lowest BCUT2D eigenvalue weighted by molar-refractivity contribution is -0.121. The molecule has 0 aliphatic rings. The number of thiophene rings is 1. The van der Waals surface area contributed by atoms with Crippen molar-refractivity contribution in [1.82, 2.24) is 0 Å². The van der Waals surface area contributed by atoms with Crippen LogP contribution in [-0.4, -0.2) is 23.8 Å². The summed E-state index contributed by atoms with van der Waals surface area (Å²) in [5, 5.41) is 11.4. The third kappa shape index (κ3) is 5.23. The van der Waals surface area contributed by atoms with Crippen molar-refractivity contribution < 1.29 is 19.4 Å². The van der Waals surface area contributed by atoms with E-state index in [0.29, 0.717) is 11.3 Å². The monoisotopic (exact) mass is 328 g/mol. The van der Waals surface area contributed by atoms with Crippen molar-refractivity contribution in [3.8, 4) is 11.5 Å². The molecule has 0 bridgehead atoms. The second-order valence-corrected chi connectivity index (χ2v) is 5.70. The maximum Gasteiger partial charge on any atom is 0.163 e. The fourth-order valence-electron chi connectivity index (χ4n) is 1.84. The Labute approximate surface area is 138 Å². The van der Waals surface area contributed by atoms with Crippen molar-refractivity contribution in [3.63, 3.8) is 0 Å². The van der Waals surface area contributed by atoms with Gasteiger partial charge >= 0.3 is 0 Å². The summed E-state index contributed by atoms with van der Waals surface area (Å²) in [5.74, 6) is -0.159. The van der Waals surface area contributed by atoms with Gasteiger partial charge in [0.05, 0.1) is 13.5 Å². The first-order valence-corrected chi connectivity index (χ1v) is 7.79. The largest absolute Gasteiger partial charge is 0.504 e. The predicted octanol–water partition coefficient (Wildman–Crippen LogP) is 3.72. The fraction of sp³-hybridized carbons (Fsp3) is 0.111. The normalized spacial score (nSPS) is 11.2. The fourth-order valence-corrected chi connectivity index (χ4v) is 2.46. The van der Waals surface area contributed by atoms with Crippen molar-refractivity contribution in [1.29, 1.82) is 0 Å². The molecule has 1 N–H and O–H groups in total. The van der Waals surface area contributed by atoms with Crippen molar-refractivity contribution in [2.24, 2.45) is 0 Å². The molecule has 0 aliphatic carbocycles. The predicted molar refractivity (Wildman–Crippen MR) is 91.7 cm³/mol. The number of ether oxygens (including phenoxy) is 1. The maximum atomic E-state index is 11.8. The Hall–Kier alpha value is -2.66. The second kappa shape index (κ2) is 8.10. The van der Waals surface area contributed by atoms with Crippen LogP contribution in [0.2, 0.25) is 0 Å². The van der Waals surface area contributed by atoms with E-state index >= 15 is 0 Å². The lowest BCUT2D eigenvalue weighted by atomic mass is 10.1. The van der Waals surface area contributed by atoms with Crippen molar-refractivity contribution >= 4 is 35.1 Å². The molecule has 0 saturated heterocycles. The molecule has 118 valence electrons. The van der Waals surface area contributed by atoms with Gasteiger partial charge in [-0.05, 0) is 47.4 Å². The van der Waals surface area contributed by atoms with Crippen molar-refractivity contribution in [2.45, 2.75) is 6.42 Å². The standard InChI is InChI=1S/C18H16O4S/c1-22-18-11-13(5-9-17(18)21)4-6-14(19)12-15(20)7-8-16-3-2-10-23-16/h2-11,21H,12H2,1H3/b6-4+,8-7+. The average molecular weight is 328 g/mol. The highest BCUT2D eigenvalue weighted by Crippen LogP contribution is 2.26. The number of phenolic OH excluding ortho intramolecular Hbond substituents is 1. The molecule has 0 atom stereocenters.